The number of methoxy groups -OCH3 is 2. The van der Waals surface area contributed by atoms with Gasteiger partial charge >= 0.3 is 13.8 Å². The third kappa shape index (κ3) is 14.9. The van der Waals surface area contributed by atoms with E-state index in [2.05, 4.69) is 30.8 Å². The number of benzene rings is 6. The van der Waals surface area contributed by atoms with Gasteiger partial charge in [-0.15, -0.1) is 11.3 Å². The minimum Gasteiger partial charge on any atom is -0.497 e. The summed E-state index contributed by atoms with van der Waals surface area (Å²) in [5, 5.41) is 0.774. The first-order valence-electron chi connectivity index (χ1n) is 26.7. The Morgan fingerprint density at radius 2 is 1.51 bits per heavy atom. The second kappa shape index (κ2) is 27.6. The Bertz CT molecular complexity index is 3770. The molecule has 0 saturated carbocycles. The van der Waals surface area contributed by atoms with Crippen LogP contribution < -0.4 is 23.7 Å². The number of carbonyl (C=O) groups is 1. The maximum atomic E-state index is 14.6. The van der Waals surface area contributed by atoms with Gasteiger partial charge in [-0.3, -0.25) is 9.42 Å². The van der Waals surface area contributed by atoms with Crippen molar-refractivity contribution in [3.8, 4) is 61.8 Å². The standard InChI is InChI=1S/C62H58BrClFN6O11PS/c1-71(40-81-83(73,74)80-37-41-11-5-4-6-12-41)32-29-70(30-33-71)31-34-77-52-26-25-49(56(63)57(52)64)54-55-60(67-39-68-61(55)84-58(54)43-19-21-45(65)22-20-43)82-53(62(72)79-36-42-17-23-47(75-2)24-18-42)35-44-13-7-9-15-50(44)78-38-46-27-28-66-59(69-46)48-14-8-10-16-51(48)76-3/h4-28,39,53H,29-38,40H2,1-3H3/p+1/t53-/m1/s1. The zero-order chi connectivity index (χ0) is 58.6. The second-order valence-corrected chi connectivity index (χ2v) is 23.5. The van der Waals surface area contributed by atoms with Crippen LogP contribution in [0.15, 0.2) is 163 Å². The van der Waals surface area contributed by atoms with E-state index in [-0.39, 0.29) is 38.9 Å². The lowest BCUT2D eigenvalue weighted by Gasteiger charge is -2.41. The Balaban J connectivity index is 0.890. The van der Waals surface area contributed by atoms with Crippen molar-refractivity contribution in [3.63, 3.8) is 0 Å². The van der Waals surface area contributed by atoms with Gasteiger partial charge in [0.2, 0.25) is 12.0 Å². The highest BCUT2D eigenvalue weighted by Crippen LogP contribution is 2.51. The van der Waals surface area contributed by atoms with Gasteiger partial charge in [0.15, 0.2) is 12.6 Å². The number of hydrogen-bond donors (Lipinski definition) is 1. The fraction of sp³-hybridized carbons (Fsp3) is 0.242. The minimum atomic E-state index is -4.27. The quantitative estimate of drug-likeness (QED) is 0.0324. The van der Waals surface area contributed by atoms with E-state index < -0.39 is 25.7 Å². The fourth-order valence-corrected chi connectivity index (χ4v) is 12.1. The number of rotatable bonds is 25. The Morgan fingerprint density at radius 3 is 2.27 bits per heavy atom. The monoisotopic (exact) mass is 1260 g/mol. The Morgan fingerprint density at radius 1 is 0.786 bits per heavy atom. The number of phosphoric acid groups is 1. The maximum Gasteiger partial charge on any atom is 0.476 e. The first-order chi connectivity index (χ1) is 40.7. The molecule has 9 aromatic rings. The SMILES string of the molecule is COc1ccc(COC(=O)[C@@H](Cc2ccccc2OCc2ccnc(-c3ccccc3OC)n2)Oc2ncnc3sc(-c4ccc(F)cc4)c(-c4ccc(OCCN5CC[N+](C)(COP(=O)(O)OCc6ccccc6)CC5)c(Cl)c4Br)c23)cc1. The third-order valence-corrected chi connectivity index (χ3v) is 17.6. The van der Waals surface area contributed by atoms with Crippen molar-refractivity contribution >= 4 is 62.9 Å². The van der Waals surface area contributed by atoms with Crippen molar-refractivity contribution < 1.29 is 60.6 Å². The first-order valence-corrected chi connectivity index (χ1v) is 30.2. The van der Waals surface area contributed by atoms with E-state index in [1.54, 1.807) is 56.8 Å². The van der Waals surface area contributed by atoms with Gasteiger partial charge in [0.1, 0.15) is 59.8 Å². The van der Waals surface area contributed by atoms with Gasteiger partial charge in [0, 0.05) is 47.2 Å². The Kier molecular flexibility index (Phi) is 19.6. The number of quaternary nitrogens is 1. The highest BCUT2D eigenvalue weighted by molar-refractivity contribution is 9.10. The molecule has 1 N–H and O–H groups in total. The average molecular weight is 1260 g/mol. The summed E-state index contributed by atoms with van der Waals surface area (Å²) in [4.78, 5) is 47.1. The first kappa shape index (κ1) is 59.8. The average Bonchev–Trinajstić information content (AvgIpc) is 1.98. The van der Waals surface area contributed by atoms with E-state index in [9.17, 15) is 18.6 Å². The molecule has 4 heterocycles. The molecule has 1 aliphatic rings. The molecule has 1 unspecified atom stereocenters. The summed E-state index contributed by atoms with van der Waals surface area (Å²) in [6.07, 6.45) is 1.75. The number of hydrogen-bond acceptors (Lipinski definition) is 16. The summed E-state index contributed by atoms with van der Waals surface area (Å²) in [5.74, 6) is 1.69. The molecule has 17 nitrogen and oxygen atoms in total. The number of phosphoric ester groups is 1. The van der Waals surface area contributed by atoms with Crippen LogP contribution in [0.4, 0.5) is 4.39 Å². The molecule has 0 spiro atoms. The molecule has 1 fully saturated rings. The second-order valence-electron chi connectivity index (χ2n) is 19.9. The zero-order valence-electron chi connectivity index (χ0n) is 46.1. The van der Waals surface area contributed by atoms with Gasteiger partial charge in [-0.1, -0.05) is 96.5 Å². The lowest BCUT2D eigenvalue weighted by atomic mass is 9.99. The van der Waals surface area contributed by atoms with Crippen LogP contribution in [0, 0.1) is 5.82 Å². The fourth-order valence-electron chi connectivity index (χ4n) is 9.38. The summed E-state index contributed by atoms with van der Waals surface area (Å²) in [7, 11) is 0.887. The minimum absolute atomic E-state index is 0.00656. The molecular weight excluding hydrogens is 1200 g/mol. The highest BCUT2D eigenvalue weighted by atomic mass is 79.9. The molecule has 6 aromatic carbocycles. The number of aromatic nitrogens is 4. The highest BCUT2D eigenvalue weighted by Gasteiger charge is 2.34. The number of halogens is 3. The van der Waals surface area contributed by atoms with Crippen molar-refractivity contribution in [1.82, 2.24) is 24.8 Å². The van der Waals surface area contributed by atoms with Gasteiger partial charge in [-0.25, -0.2) is 38.2 Å². The molecule has 3 aromatic heterocycles. The molecule has 84 heavy (non-hydrogen) atoms. The van der Waals surface area contributed by atoms with E-state index in [1.807, 2.05) is 104 Å². The predicted octanol–water partition coefficient (Wildman–Crippen LogP) is 12.8. The topological polar surface area (TPSA) is 183 Å². The van der Waals surface area contributed by atoms with Crippen molar-refractivity contribution in [1.29, 1.82) is 0 Å². The molecule has 2 atom stereocenters. The van der Waals surface area contributed by atoms with Crippen molar-refractivity contribution in [2.75, 3.05) is 67.3 Å². The molecule has 1 aliphatic heterocycles. The van der Waals surface area contributed by atoms with Gasteiger partial charge in [0.05, 0.1) is 62.6 Å². The van der Waals surface area contributed by atoms with Gasteiger partial charge < -0.3 is 37.8 Å². The summed E-state index contributed by atoms with van der Waals surface area (Å²) in [6, 6.07) is 42.8. The van der Waals surface area contributed by atoms with Gasteiger partial charge in [0.25, 0.3) is 0 Å². The molecule has 434 valence electrons. The molecule has 0 bridgehead atoms. The van der Waals surface area contributed by atoms with Crippen LogP contribution in [0.1, 0.15) is 22.4 Å². The molecule has 10 rings (SSSR count). The summed E-state index contributed by atoms with van der Waals surface area (Å²) in [6.45, 7) is 3.64. The summed E-state index contributed by atoms with van der Waals surface area (Å²) in [5.41, 5.74) is 5.41. The number of fused-ring (bicyclic) bond motifs is 1. The largest absolute Gasteiger partial charge is 0.497 e. The molecule has 1 saturated heterocycles. The van der Waals surface area contributed by atoms with E-state index in [0.29, 0.717) is 125 Å². The van der Waals surface area contributed by atoms with E-state index in [4.69, 9.17) is 59.0 Å². The van der Waals surface area contributed by atoms with Crippen LogP contribution in [0.25, 0.3) is 43.2 Å². The van der Waals surface area contributed by atoms with Crippen LogP contribution in [-0.2, 0) is 49.4 Å². The van der Waals surface area contributed by atoms with Crippen LogP contribution >= 0.6 is 46.7 Å². The number of carbonyl (C=O) groups excluding carboxylic acids is 1. The Labute approximate surface area is 502 Å². The number of thiophene rings is 1. The molecular formula is C62H59BrClFN6O11PS+. The van der Waals surface area contributed by atoms with Gasteiger partial charge in [-0.05, 0) is 104 Å². The number of likely N-dealkylation sites (N-methyl/N-ethyl adjacent to an activating group) is 1. The smallest absolute Gasteiger partial charge is 0.476 e. The normalized spacial score (nSPS) is 14.3. The zero-order valence-corrected chi connectivity index (χ0v) is 50.1. The van der Waals surface area contributed by atoms with E-state index in [0.717, 1.165) is 16.7 Å². The lowest BCUT2D eigenvalue weighted by molar-refractivity contribution is -0.928. The molecule has 22 heteroatoms. The summed E-state index contributed by atoms with van der Waals surface area (Å²) < 4.78 is 75.4. The van der Waals surface area contributed by atoms with Crippen LogP contribution in [-0.4, -0.2) is 114 Å². The van der Waals surface area contributed by atoms with E-state index in [1.165, 1.54) is 29.8 Å². The number of para-hydroxylation sites is 2. The summed E-state index contributed by atoms with van der Waals surface area (Å²) >= 11 is 12.4. The number of nitrogens with zero attached hydrogens (tertiary/aromatic N) is 6. The van der Waals surface area contributed by atoms with Gasteiger partial charge in [-0.2, -0.15) is 0 Å². The van der Waals surface area contributed by atoms with Crippen LogP contribution in [0.3, 0.4) is 0 Å². The lowest BCUT2D eigenvalue weighted by Crippen LogP contribution is -2.58. The molecule has 0 aliphatic carbocycles. The maximum absolute atomic E-state index is 14.6. The van der Waals surface area contributed by atoms with Crippen molar-refractivity contribution in [3.05, 3.63) is 196 Å². The van der Waals surface area contributed by atoms with E-state index >= 15 is 0 Å². The third-order valence-electron chi connectivity index (χ3n) is 14.1. The van der Waals surface area contributed by atoms with Crippen molar-refractivity contribution in [2.24, 2.45) is 0 Å². The number of piperazine rings is 1. The number of ether oxygens (including phenoxy) is 6. The van der Waals surface area contributed by atoms with Crippen LogP contribution in [0.5, 0.6) is 28.9 Å². The van der Waals surface area contributed by atoms with Crippen LogP contribution in [0.2, 0.25) is 5.02 Å². The molecule has 0 amide bonds. The number of esters is 1. The Hall–Kier alpha value is -7.36. The molecule has 0 radical (unpaired) electrons. The predicted molar refractivity (Wildman–Crippen MR) is 322 cm³/mol. The van der Waals surface area contributed by atoms with Crippen molar-refractivity contribution in [2.45, 2.75) is 32.3 Å².